The van der Waals surface area contributed by atoms with Gasteiger partial charge in [0.25, 0.3) is 0 Å². The van der Waals surface area contributed by atoms with Crippen LogP contribution in [0.4, 0.5) is 16.3 Å². The average molecular weight is 532 g/mol. The van der Waals surface area contributed by atoms with Gasteiger partial charge in [-0.2, -0.15) is 0 Å². The lowest BCUT2D eigenvalue weighted by Gasteiger charge is -2.35. The van der Waals surface area contributed by atoms with Crippen LogP contribution < -0.4 is 15.4 Å². The van der Waals surface area contributed by atoms with Crippen molar-refractivity contribution in [3.63, 3.8) is 0 Å². The van der Waals surface area contributed by atoms with E-state index in [0.717, 1.165) is 18.4 Å². The van der Waals surface area contributed by atoms with Crippen LogP contribution in [0.25, 0.3) is 0 Å². The summed E-state index contributed by atoms with van der Waals surface area (Å²) in [6.45, 7) is 7.36. The van der Waals surface area contributed by atoms with E-state index in [-0.39, 0.29) is 16.8 Å². The Balaban J connectivity index is 1.70. The average Bonchev–Trinajstić information content (AvgIpc) is 2.84. The van der Waals surface area contributed by atoms with Crippen molar-refractivity contribution in [1.29, 1.82) is 0 Å². The third-order valence-corrected chi connectivity index (χ3v) is 7.19. The van der Waals surface area contributed by atoms with Crippen LogP contribution in [0.5, 0.6) is 0 Å². The van der Waals surface area contributed by atoms with E-state index < -0.39 is 33.5 Å². The minimum absolute atomic E-state index is 0.123. The van der Waals surface area contributed by atoms with E-state index in [9.17, 15) is 22.8 Å². The van der Waals surface area contributed by atoms with Gasteiger partial charge in [0, 0.05) is 6.54 Å². The fourth-order valence-electron chi connectivity index (χ4n) is 4.00. The quantitative estimate of drug-likeness (QED) is 0.502. The summed E-state index contributed by atoms with van der Waals surface area (Å²) in [5.41, 5.74) is 0.973. The molecule has 1 aromatic heterocycles. The number of aromatic nitrogens is 1. The molecule has 200 valence electrons. The summed E-state index contributed by atoms with van der Waals surface area (Å²) in [5.74, 6) is -1.22. The summed E-state index contributed by atoms with van der Waals surface area (Å²) in [4.78, 5) is 43.8. The van der Waals surface area contributed by atoms with E-state index in [1.165, 1.54) is 30.3 Å². The summed E-state index contributed by atoms with van der Waals surface area (Å²) in [5, 5.41) is 5.14. The number of hydrogen-bond acceptors (Lipinski definition) is 7. The Kier molecular flexibility index (Phi) is 8.54. The number of aryl methyl sites for hydroxylation is 1. The maximum Gasteiger partial charge on any atom is 0.413 e. The molecular weight excluding hydrogens is 498 g/mol. The number of benzene rings is 1. The van der Waals surface area contributed by atoms with E-state index in [0.29, 0.717) is 24.2 Å². The van der Waals surface area contributed by atoms with Gasteiger partial charge in [-0.1, -0.05) is 12.1 Å². The number of nitrogens with zero attached hydrogens (tertiary/aromatic N) is 2. The highest BCUT2D eigenvalue weighted by atomic mass is 32.2. The monoisotopic (exact) mass is 531 g/mol. The largest absolute Gasteiger partial charge is 0.444 e. The topological polar surface area (TPSA) is 147 Å². The van der Waals surface area contributed by atoms with Gasteiger partial charge in [-0.25, -0.2) is 22.9 Å². The number of nitrogens with one attached hydrogen (secondary N) is 3. The predicted molar refractivity (Wildman–Crippen MR) is 138 cm³/mol. The smallest absolute Gasteiger partial charge is 0.413 e. The van der Waals surface area contributed by atoms with Crippen molar-refractivity contribution >= 4 is 39.4 Å². The number of ether oxygens (including phenoxy) is 1. The molecule has 1 saturated heterocycles. The summed E-state index contributed by atoms with van der Waals surface area (Å²) < 4.78 is 31.5. The van der Waals surface area contributed by atoms with Crippen LogP contribution in [0.3, 0.4) is 0 Å². The SMILES string of the molecule is CNS(=O)(=O)c1ccc([C@@H]2CCCCN2C(=O)C(=O)Nc2cnc(NC(=O)OC(C)(C)C)c(C)c2)cc1. The van der Waals surface area contributed by atoms with Gasteiger partial charge in [-0.05, 0) is 83.3 Å². The molecule has 0 radical (unpaired) electrons. The molecule has 1 fully saturated rings. The molecule has 0 spiro atoms. The number of sulfonamides is 1. The van der Waals surface area contributed by atoms with Crippen LogP contribution in [-0.4, -0.2) is 55.4 Å². The van der Waals surface area contributed by atoms with E-state index in [2.05, 4.69) is 20.3 Å². The molecule has 0 unspecified atom stereocenters. The van der Waals surface area contributed by atoms with Crippen molar-refractivity contribution in [3.05, 3.63) is 47.7 Å². The van der Waals surface area contributed by atoms with E-state index >= 15 is 0 Å². The molecule has 2 aromatic rings. The maximum absolute atomic E-state index is 13.1. The second kappa shape index (κ2) is 11.3. The number of amides is 3. The standard InChI is InChI=1S/C25H33N5O6S/c1-16-14-18(15-27-21(16)29-24(33)36-25(2,3)4)28-22(31)23(32)30-13-7-6-8-20(30)17-9-11-19(12-10-17)37(34,35)26-5/h9-12,14-15,20,26H,6-8,13H2,1-5H3,(H,28,31)(H,27,29,33)/t20-/m0/s1. The molecule has 0 aliphatic carbocycles. The number of piperidine rings is 1. The van der Waals surface area contributed by atoms with Crippen LogP contribution in [-0.2, 0) is 24.3 Å². The van der Waals surface area contributed by atoms with Crippen molar-refractivity contribution in [2.45, 2.75) is 63.5 Å². The Morgan fingerprint density at radius 3 is 2.35 bits per heavy atom. The summed E-state index contributed by atoms with van der Waals surface area (Å²) in [6.07, 6.45) is 2.99. The zero-order valence-corrected chi connectivity index (χ0v) is 22.4. The van der Waals surface area contributed by atoms with E-state index in [4.69, 9.17) is 4.74 Å². The van der Waals surface area contributed by atoms with Crippen LogP contribution in [0.2, 0.25) is 0 Å². The van der Waals surface area contributed by atoms with Crippen molar-refractivity contribution in [3.8, 4) is 0 Å². The van der Waals surface area contributed by atoms with Crippen LogP contribution >= 0.6 is 0 Å². The Morgan fingerprint density at radius 1 is 1.08 bits per heavy atom. The molecule has 0 bridgehead atoms. The normalized spacial score (nSPS) is 16.1. The first kappa shape index (κ1) is 28.1. The highest BCUT2D eigenvalue weighted by Gasteiger charge is 2.32. The molecule has 11 nitrogen and oxygen atoms in total. The van der Waals surface area contributed by atoms with Gasteiger partial charge in [0.05, 0.1) is 22.8 Å². The molecule has 0 saturated carbocycles. The maximum atomic E-state index is 13.1. The predicted octanol–water partition coefficient (Wildman–Crippen LogP) is 3.34. The first-order valence-corrected chi connectivity index (χ1v) is 13.4. The first-order valence-electron chi connectivity index (χ1n) is 11.9. The van der Waals surface area contributed by atoms with Crippen LogP contribution in [0, 0.1) is 6.92 Å². The lowest BCUT2D eigenvalue weighted by Crippen LogP contribution is -2.44. The molecule has 12 heteroatoms. The Bertz CT molecular complexity index is 1270. The fraction of sp³-hybridized carbons (Fsp3) is 0.440. The molecule has 1 aliphatic heterocycles. The molecular formula is C25H33N5O6S. The van der Waals surface area contributed by atoms with Gasteiger partial charge in [0.15, 0.2) is 0 Å². The summed E-state index contributed by atoms with van der Waals surface area (Å²) >= 11 is 0. The number of hydrogen-bond donors (Lipinski definition) is 3. The van der Waals surface area contributed by atoms with E-state index in [1.807, 2.05) is 0 Å². The van der Waals surface area contributed by atoms with Crippen molar-refractivity contribution < 1.29 is 27.5 Å². The number of carbonyl (C=O) groups is 3. The van der Waals surface area contributed by atoms with Gasteiger partial charge >= 0.3 is 17.9 Å². The first-order chi connectivity index (χ1) is 17.3. The van der Waals surface area contributed by atoms with Gasteiger partial charge in [0.2, 0.25) is 10.0 Å². The highest BCUT2D eigenvalue weighted by molar-refractivity contribution is 7.89. The number of likely N-dealkylation sites (tertiary alicyclic amines) is 1. The molecule has 37 heavy (non-hydrogen) atoms. The molecule has 1 aliphatic rings. The zero-order chi connectivity index (χ0) is 27.4. The number of anilines is 2. The number of carbonyl (C=O) groups excluding carboxylic acids is 3. The zero-order valence-electron chi connectivity index (χ0n) is 21.6. The molecule has 1 atom stereocenters. The van der Waals surface area contributed by atoms with Crippen molar-refractivity contribution in [2.75, 3.05) is 24.2 Å². The third kappa shape index (κ3) is 7.26. The summed E-state index contributed by atoms with van der Waals surface area (Å²) in [6, 6.07) is 7.56. The van der Waals surface area contributed by atoms with Gasteiger partial charge in [-0.3, -0.25) is 14.9 Å². The highest BCUT2D eigenvalue weighted by Crippen LogP contribution is 2.32. The molecule has 3 rings (SSSR count). The number of rotatable bonds is 5. The lowest BCUT2D eigenvalue weighted by atomic mass is 9.95. The molecule has 1 aromatic carbocycles. The minimum atomic E-state index is -3.58. The Hall–Kier alpha value is -3.51. The Labute approximate surface area is 217 Å². The summed E-state index contributed by atoms with van der Waals surface area (Å²) in [7, 11) is -2.24. The van der Waals surface area contributed by atoms with Crippen LogP contribution in [0.1, 0.15) is 57.2 Å². The molecule has 3 N–H and O–H groups in total. The van der Waals surface area contributed by atoms with Gasteiger partial charge in [0.1, 0.15) is 11.4 Å². The molecule has 3 amide bonds. The Morgan fingerprint density at radius 2 is 1.76 bits per heavy atom. The van der Waals surface area contributed by atoms with Crippen LogP contribution in [0.15, 0.2) is 41.4 Å². The van der Waals surface area contributed by atoms with Crippen molar-refractivity contribution in [1.82, 2.24) is 14.6 Å². The second-order valence-electron chi connectivity index (χ2n) is 9.76. The lowest BCUT2D eigenvalue weighted by molar-refractivity contribution is -0.145. The van der Waals surface area contributed by atoms with E-state index in [1.54, 1.807) is 45.9 Å². The number of pyridine rings is 1. The second-order valence-corrected chi connectivity index (χ2v) is 11.6. The van der Waals surface area contributed by atoms with Crippen molar-refractivity contribution in [2.24, 2.45) is 0 Å². The van der Waals surface area contributed by atoms with Gasteiger partial charge < -0.3 is 15.0 Å². The minimum Gasteiger partial charge on any atom is -0.444 e. The van der Waals surface area contributed by atoms with Gasteiger partial charge in [-0.15, -0.1) is 0 Å². The molecule has 2 heterocycles. The fourth-order valence-corrected chi connectivity index (χ4v) is 4.73. The third-order valence-electron chi connectivity index (χ3n) is 5.76.